The molecule has 0 unspecified atom stereocenters. The maximum atomic E-state index is 12.4. The number of carbonyl (C=O) groups is 2. The van der Waals surface area contributed by atoms with Gasteiger partial charge >= 0.3 is 0 Å². The van der Waals surface area contributed by atoms with Crippen molar-refractivity contribution in [2.24, 2.45) is 5.92 Å². The summed E-state index contributed by atoms with van der Waals surface area (Å²) in [6, 6.07) is 18.6. The average Bonchev–Trinajstić information content (AvgIpc) is 2.73. The Hall–Kier alpha value is -3.39. The van der Waals surface area contributed by atoms with Gasteiger partial charge in [-0.3, -0.25) is 9.59 Å². The van der Waals surface area contributed by atoms with Crippen LogP contribution in [0.4, 0.5) is 5.69 Å². The van der Waals surface area contributed by atoms with Crippen LogP contribution in [0.3, 0.4) is 0 Å². The number of hydrogen-bond donors (Lipinski definition) is 1. The van der Waals surface area contributed by atoms with Crippen molar-refractivity contribution in [3.05, 3.63) is 71.8 Å². The summed E-state index contributed by atoms with van der Waals surface area (Å²) in [5, 5.41) is 11.8. The first-order chi connectivity index (χ1) is 13.2. The van der Waals surface area contributed by atoms with Crippen molar-refractivity contribution in [3.8, 4) is 6.07 Å². The highest BCUT2D eigenvalue weighted by molar-refractivity contribution is 5.94. The van der Waals surface area contributed by atoms with E-state index in [1.807, 2.05) is 36.4 Å². The number of rotatable bonds is 4. The maximum absolute atomic E-state index is 12.4. The molecule has 0 aliphatic carbocycles. The topological polar surface area (TPSA) is 73.2 Å². The molecule has 5 heteroatoms. The maximum Gasteiger partial charge on any atom is 0.246 e. The number of likely N-dealkylation sites (tertiary alicyclic amines) is 1. The van der Waals surface area contributed by atoms with Gasteiger partial charge in [-0.25, -0.2) is 0 Å². The number of hydrogen-bond acceptors (Lipinski definition) is 3. The van der Waals surface area contributed by atoms with Crippen LogP contribution >= 0.6 is 0 Å². The predicted molar refractivity (Wildman–Crippen MR) is 105 cm³/mol. The molecule has 1 heterocycles. The lowest BCUT2D eigenvalue weighted by molar-refractivity contribution is -0.130. The molecule has 2 amide bonds. The number of amides is 2. The van der Waals surface area contributed by atoms with Crippen LogP contribution < -0.4 is 5.32 Å². The summed E-state index contributed by atoms with van der Waals surface area (Å²) in [5.74, 6) is -0.214. The van der Waals surface area contributed by atoms with Crippen molar-refractivity contribution in [2.45, 2.75) is 12.8 Å². The molecule has 5 nitrogen and oxygen atoms in total. The van der Waals surface area contributed by atoms with Crippen LogP contribution in [0, 0.1) is 17.2 Å². The van der Waals surface area contributed by atoms with Crippen molar-refractivity contribution in [3.63, 3.8) is 0 Å². The molecule has 0 aromatic heterocycles. The summed E-state index contributed by atoms with van der Waals surface area (Å²) in [6.45, 7) is 1.13. The van der Waals surface area contributed by atoms with Gasteiger partial charge in [0.25, 0.3) is 0 Å². The third-order valence-corrected chi connectivity index (χ3v) is 4.65. The van der Waals surface area contributed by atoms with Crippen LogP contribution in [0.5, 0.6) is 0 Å². The molecule has 1 aliphatic heterocycles. The van der Waals surface area contributed by atoms with Gasteiger partial charge in [-0.15, -0.1) is 0 Å². The van der Waals surface area contributed by atoms with Gasteiger partial charge in [0.1, 0.15) is 0 Å². The predicted octanol–water partition coefficient (Wildman–Crippen LogP) is 3.45. The lowest BCUT2D eigenvalue weighted by Gasteiger charge is -2.30. The molecule has 1 aliphatic rings. The molecule has 1 fully saturated rings. The summed E-state index contributed by atoms with van der Waals surface area (Å²) < 4.78 is 0. The van der Waals surface area contributed by atoms with Gasteiger partial charge in [-0.2, -0.15) is 5.26 Å². The standard InChI is InChI=1S/C22H21N3O2/c23-16-18-7-4-8-20(15-18)24-22(27)19-11-13-25(14-12-19)21(26)10-9-17-5-2-1-3-6-17/h1-10,15,19H,11-14H2,(H,24,27)/b10-9+. The second kappa shape index (κ2) is 8.81. The van der Waals surface area contributed by atoms with Crippen molar-refractivity contribution in [1.29, 1.82) is 5.26 Å². The Balaban J connectivity index is 1.50. The SMILES string of the molecule is N#Cc1cccc(NC(=O)C2CCN(C(=O)/C=C/c3ccccc3)CC2)c1. The molecule has 0 atom stereocenters. The minimum absolute atomic E-state index is 0.0283. The number of nitriles is 1. The number of nitrogens with one attached hydrogen (secondary N) is 1. The Morgan fingerprint density at radius 1 is 1.07 bits per heavy atom. The van der Waals surface area contributed by atoms with E-state index in [9.17, 15) is 9.59 Å². The van der Waals surface area contributed by atoms with E-state index in [0.29, 0.717) is 37.2 Å². The molecule has 136 valence electrons. The average molecular weight is 359 g/mol. The van der Waals surface area contributed by atoms with E-state index in [2.05, 4.69) is 11.4 Å². The van der Waals surface area contributed by atoms with Crippen molar-refractivity contribution in [1.82, 2.24) is 4.90 Å². The zero-order valence-corrected chi connectivity index (χ0v) is 15.0. The van der Waals surface area contributed by atoms with Crippen molar-refractivity contribution < 1.29 is 9.59 Å². The second-order valence-corrected chi connectivity index (χ2v) is 6.53. The highest BCUT2D eigenvalue weighted by atomic mass is 16.2. The summed E-state index contributed by atoms with van der Waals surface area (Å²) in [5.41, 5.74) is 2.13. The molecule has 0 bridgehead atoms. The minimum Gasteiger partial charge on any atom is -0.339 e. The van der Waals surface area contributed by atoms with Crippen LogP contribution in [-0.2, 0) is 9.59 Å². The molecular weight excluding hydrogens is 338 g/mol. The molecule has 0 saturated carbocycles. The fourth-order valence-electron chi connectivity index (χ4n) is 3.11. The summed E-state index contributed by atoms with van der Waals surface area (Å²) in [7, 11) is 0. The Morgan fingerprint density at radius 2 is 1.81 bits per heavy atom. The normalized spacial score (nSPS) is 14.7. The molecule has 1 N–H and O–H groups in total. The van der Waals surface area contributed by atoms with Crippen LogP contribution in [0.2, 0.25) is 0 Å². The third-order valence-electron chi connectivity index (χ3n) is 4.65. The molecule has 2 aromatic carbocycles. The van der Waals surface area contributed by atoms with Gasteiger partial charge in [0.2, 0.25) is 11.8 Å². The number of benzene rings is 2. The quantitative estimate of drug-likeness (QED) is 0.850. The van der Waals surface area contributed by atoms with Gasteiger partial charge < -0.3 is 10.2 Å². The van der Waals surface area contributed by atoms with E-state index in [-0.39, 0.29) is 17.7 Å². The molecule has 1 saturated heterocycles. The first-order valence-electron chi connectivity index (χ1n) is 8.99. The summed E-state index contributed by atoms with van der Waals surface area (Å²) in [4.78, 5) is 26.5. The van der Waals surface area contributed by atoms with Crippen LogP contribution in [0.1, 0.15) is 24.0 Å². The summed E-state index contributed by atoms with van der Waals surface area (Å²) in [6.07, 6.45) is 4.66. The van der Waals surface area contributed by atoms with Crippen LogP contribution in [0.15, 0.2) is 60.7 Å². The molecule has 0 radical (unpaired) electrons. The fourth-order valence-corrected chi connectivity index (χ4v) is 3.11. The van der Waals surface area contributed by atoms with E-state index in [0.717, 1.165) is 5.56 Å². The molecule has 3 rings (SSSR count). The largest absolute Gasteiger partial charge is 0.339 e. The Kier molecular flexibility index (Phi) is 6.01. The number of piperidine rings is 1. The molecule has 2 aromatic rings. The zero-order valence-electron chi connectivity index (χ0n) is 15.0. The van der Waals surface area contributed by atoms with E-state index in [4.69, 9.17) is 5.26 Å². The monoisotopic (exact) mass is 359 g/mol. The number of nitrogens with zero attached hydrogens (tertiary/aromatic N) is 2. The van der Waals surface area contributed by atoms with Gasteiger partial charge in [0, 0.05) is 30.8 Å². The number of carbonyl (C=O) groups excluding carboxylic acids is 2. The smallest absolute Gasteiger partial charge is 0.246 e. The van der Waals surface area contributed by atoms with E-state index in [1.54, 1.807) is 35.2 Å². The van der Waals surface area contributed by atoms with E-state index < -0.39 is 0 Å². The van der Waals surface area contributed by atoms with Crippen molar-refractivity contribution in [2.75, 3.05) is 18.4 Å². The molecular formula is C22H21N3O2. The first kappa shape index (κ1) is 18.4. The Labute approximate surface area is 158 Å². The van der Waals surface area contributed by atoms with E-state index >= 15 is 0 Å². The van der Waals surface area contributed by atoms with Crippen molar-refractivity contribution >= 4 is 23.6 Å². The fraction of sp³-hybridized carbons (Fsp3) is 0.227. The van der Waals surface area contributed by atoms with Gasteiger partial charge in [0.15, 0.2) is 0 Å². The van der Waals surface area contributed by atoms with Gasteiger partial charge in [0.05, 0.1) is 11.6 Å². The van der Waals surface area contributed by atoms with Gasteiger partial charge in [-0.05, 0) is 42.7 Å². The Bertz CT molecular complexity index is 876. The van der Waals surface area contributed by atoms with Crippen LogP contribution in [0.25, 0.3) is 6.08 Å². The second-order valence-electron chi connectivity index (χ2n) is 6.53. The van der Waals surface area contributed by atoms with Gasteiger partial charge in [-0.1, -0.05) is 36.4 Å². The Morgan fingerprint density at radius 3 is 2.52 bits per heavy atom. The van der Waals surface area contributed by atoms with E-state index in [1.165, 1.54) is 0 Å². The highest BCUT2D eigenvalue weighted by Crippen LogP contribution is 2.20. The van der Waals surface area contributed by atoms with Crippen LogP contribution in [-0.4, -0.2) is 29.8 Å². The molecule has 27 heavy (non-hydrogen) atoms. The lowest BCUT2D eigenvalue weighted by atomic mass is 9.95. The minimum atomic E-state index is -0.127. The number of anilines is 1. The molecule has 0 spiro atoms. The zero-order chi connectivity index (χ0) is 19.1. The summed E-state index contributed by atoms with van der Waals surface area (Å²) >= 11 is 0. The lowest BCUT2D eigenvalue weighted by Crippen LogP contribution is -2.40. The highest BCUT2D eigenvalue weighted by Gasteiger charge is 2.26. The third kappa shape index (κ3) is 5.05. The first-order valence-corrected chi connectivity index (χ1v) is 8.99.